The van der Waals surface area contributed by atoms with E-state index in [2.05, 4.69) is 39.5 Å². The van der Waals surface area contributed by atoms with Crippen LogP contribution in [-0.2, 0) is 24.4 Å². The number of aryl methyl sites for hydroxylation is 1. The number of hydrogen-bond acceptors (Lipinski definition) is 5. The second-order valence-electron chi connectivity index (χ2n) is 8.79. The highest BCUT2D eigenvalue weighted by atomic mass is 16.4. The average molecular weight is 444 g/mol. The number of carbonyl (C=O) groups excluding carboxylic acids is 1. The van der Waals surface area contributed by atoms with Gasteiger partial charge in [-0.1, -0.05) is 54.4 Å². The molecule has 0 saturated carbocycles. The third kappa shape index (κ3) is 4.98. The molecule has 1 N–H and O–H groups in total. The summed E-state index contributed by atoms with van der Waals surface area (Å²) in [5, 5.41) is 12.6. The molecule has 1 amide bonds. The zero-order valence-corrected chi connectivity index (χ0v) is 19.0. The summed E-state index contributed by atoms with van der Waals surface area (Å²) in [4.78, 5) is 15.0. The van der Waals surface area contributed by atoms with E-state index in [0.29, 0.717) is 24.9 Å². The summed E-state index contributed by atoms with van der Waals surface area (Å²) in [6.07, 6.45) is 5.68. The number of likely N-dealkylation sites (tertiary alicyclic amines) is 1. The summed E-state index contributed by atoms with van der Waals surface area (Å²) in [6.45, 7) is 5.63. The van der Waals surface area contributed by atoms with Crippen LogP contribution >= 0.6 is 0 Å². The van der Waals surface area contributed by atoms with Crippen LogP contribution in [0.1, 0.15) is 36.3 Å². The topological polar surface area (TPSA) is 76.2 Å². The van der Waals surface area contributed by atoms with Crippen molar-refractivity contribution in [3.8, 4) is 11.5 Å². The van der Waals surface area contributed by atoms with E-state index >= 15 is 0 Å². The second kappa shape index (κ2) is 9.58. The Labute approximate surface area is 193 Å². The first kappa shape index (κ1) is 21.4. The van der Waals surface area contributed by atoms with Gasteiger partial charge in [-0.15, -0.1) is 10.2 Å². The van der Waals surface area contributed by atoms with Gasteiger partial charge in [0, 0.05) is 23.6 Å². The largest absolute Gasteiger partial charge is 0.419 e. The molecule has 0 bridgehead atoms. The molecule has 5 rings (SSSR count). The van der Waals surface area contributed by atoms with Gasteiger partial charge in [-0.2, -0.15) is 0 Å². The molecule has 170 valence electrons. The van der Waals surface area contributed by atoms with Crippen LogP contribution in [-0.4, -0.2) is 38.7 Å². The average Bonchev–Trinajstić information content (AvgIpc) is 3.44. The Morgan fingerprint density at radius 3 is 2.64 bits per heavy atom. The molecule has 7 heteroatoms. The lowest BCUT2D eigenvalue weighted by atomic mass is 10.1. The zero-order valence-electron chi connectivity index (χ0n) is 19.0. The van der Waals surface area contributed by atoms with Crippen molar-refractivity contribution in [1.82, 2.24) is 25.0 Å². The van der Waals surface area contributed by atoms with Gasteiger partial charge in [-0.05, 0) is 44.5 Å². The SMILES string of the molecule is Cc1ccc(CNC(=O)Cn2cc(-c3nnc(CN4CCCCC4)o3)c3ccccc32)cc1. The highest BCUT2D eigenvalue weighted by molar-refractivity contribution is 5.94. The van der Waals surface area contributed by atoms with E-state index in [1.165, 1.54) is 24.8 Å². The lowest BCUT2D eigenvalue weighted by Gasteiger charge is -2.24. The Morgan fingerprint density at radius 1 is 1.03 bits per heavy atom. The van der Waals surface area contributed by atoms with Gasteiger partial charge in [0.25, 0.3) is 0 Å². The predicted octanol–water partition coefficient (Wildman–Crippen LogP) is 4.30. The molecular formula is C26H29N5O2. The summed E-state index contributed by atoms with van der Waals surface area (Å²) in [5.41, 5.74) is 4.11. The Bertz CT molecular complexity index is 1240. The number of nitrogens with one attached hydrogen (secondary N) is 1. The van der Waals surface area contributed by atoms with Crippen LogP contribution in [0.5, 0.6) is 0 Å². The van der Waals surface area contributed by atoms with E-state index in [1.54, 1.807) is 0 Å². The number of amides is 1. The Balaban J connectivity index is 1.31. The minimum Gasteiger partial charge on any atom is -0.419 e. The van der Waals surface area contributed by atoms with Crippen LogP contribution in [0.15, 0.2) is 59.1 Å². The minimum atomic E-state index is -0.0424. The molecule has 2 aromatic carbocycles. The van der Waals surface area contributed by atoms with Crippen molar-refractivity contribution in [1.29, 1.82) is 0 Å². The van der Waals surface area contributed by atoms with Crippen LogP contribution in [0.3, 0.4) is 0 Å². The van der Waals surface area contributed by atoms with E-state index in [-0.39, 0.29) is 12.5 Å². The molecule has 0 radical (unpaired) electrons. The molecule has 3 heterocycles. The molecular weight excluding hydrogens is 414 g/mol. The number of para-hydroxylation sites is 1. The van der Waals surface area contributed by atoms with Crippen LogP contribution in [0.4, 0.5) is 0 Å². The molecule has 2 aromatic heterocycles. The first-order valence-corrected chi connectivity index (χ1v) is 11.6. The van der Waals surface area contributed by atoms with Gasteiger partial charge >= 0.3 is 0 Å². The molecule has 7 nitrogen and oxygen atoms in total. The Morgan fingerprint density at radius 2 is 1.82 bits per heavy atom. The summed E-state index contributed by atoms with van der Waals surface area (Å²) in [7, 11) is 0. The molecule has 0 spiro atoms. The predicted molar refractivity (Wildman–Crippen MR) is 127 cm³/mol. The number of piperidine rings is 1. The first-order chi connectivity index (χ1) is 16.2. The maximum atomic E-state index is 12.7. The van der Waals surface area contributed by atoms with Crippen LogP contribution in [0.2, 0.25) is 0 Å². The molecule has 1 aliphatic heterocycles. The fourth-order valence-electron chi connectivity index (χ4n) is 4.40. The fourth-order valence-corrected chi connectivity index (χ4v) is 4.40. The van der Waals surface area contributed by atoms with E-state index in [9.17, 15) is 4.79 Å². The van der Waals surface area contributed by atoms with E-state index < -0.39 is 0 Å². The Kier molecular flexibility index (Phi) is 6.21. The third-order valence-electron chi connectivity index (χ3n) is 6.22. The molecule has 0 aliphatic carbocycles. The monoisotopic (exact) mass is 443 g/mol. The van der Waals surface area contributed by atoms with Crippen molar-refractivity contribution >= 4 is 16.8 Å². The minimum absolute atomic E-state index is 0.0424. The molecule has 4 aromatic rings. The smallest absolute Gasteiger partial charge is 0.249 e. The number of aromatic nitrogens is 3. The van der Waals surface area contributed by atoms with Crippen LogP contribution in [0.25, 0.3) is 22.4 Å². The van der Waals surface area contributed by atoms with Gasteiger partial charge in [0.1, 0.15) is 6.54 Å². The molecule has 0 atom stereocenters. The van der Waals surface area contributed by atoms with Crippen LogP contribution < -0.4 is 5.32 Å². The fraction of sp³-hybridized carbons (Fsp3) is 0.346. The van der Waals surface area contributed by atoms with E-state index in [1.807, 2.05) is 47.2 Å². The lowest BCUT2D eigenvalue weighted by Crippen LogP contribution is -2.29. The maximum Gasteiger partial charge on any atom is 0.249 e. The normalized spacial score (nSPS) is 14.6. The number of rotatable bonds is 7. The summed E-state index contributed by atoms with van der Waals surface area (Å²) in [5.74, 6) is 1.09. The summed E-state index contributed by atoms with van der Waals surface area (Å²) < 4.78 is 7.98. The van der Waals surface area contributed by atoms with Gasteiger partial charge < -0.3 is 14.3 Å². The third-order valence-corrected chi connectivity index (χ3v) is 6.22. The highest BCUT2D eigenvalue weighted by Crippen LogP contribution is 2.30. The summed E-state index contributed by atoms with van der Waals surface area (Å²) >= 11 is 0. The van der Waals surface area contributed by atoms with Crippen molar-refractivity contribution in [2.45, 2.75) is 45.8 Å². The van der Waals surface area contributed by atoms with Crippen molar-refractivity contribution in [3.63, 3.8) is 0 Å². The first-order valence-electron chi connectivity index (χ1n) is 11.6. The van der Waals surface area contributed by atoms with Crippen LogP contribution in [0, 0.1) is 6.92 Å². The van der Waals surface area contributed by atoms with Gasteiger partial charge in [0.15, 0.2) is 0 Å². The van der Waals surface area contributed by atoms with E-state index in [4.69, 9.17) is 4.42 Å². The molecule has 1 fully saturated rings. The number of benzene rings is 2. The summed E-state index contributed by atoms with van der Waals surface area (Å²) in [6, 6.07) is 16.2. The Hall–Kier alpha value is -3.45. The second-order valence-corrected chi connectivity index (χ2v) is 8.79. The number of nitrogens with zero attached hydrogens (tertiary/aromatic N) is 4. The zero-order chi connectivity index (χ0) is 22.6. The lowest BCUT2D eigenvalue weighted by molar-refractivity contribution is -0.121. The molecule has 1 aliphatic rings. The highest BCUT2D eigenvalue weighted by Gasteiger charge is 2.19. The van der Waals surface area contributed by atoms with Gasteiger partial charge in [0.2, 0.25) is 17.7 Å². The van der Waals surface area contributed by atoms with Crippen molar-refractivity contribution in [2.24, 2.45) is 0 Å². The van der Waals surface area contributed by atoms with Crippen molar-refractivity contribution < 1.29 is 9.21 Å². The number of carbonyl (C=O) groups is 1. The van der Waals surface area contributed by atoms with Gasteiger partial charge in [-0.3, -0.25) is 9.69 Å². The number of fused-ring (bicyclic) bond motifs is 1. The molecule has 0 unspecified atom stereocenters. The van der Waals surface area contributed by atoms with Crippen molar-refractivity contribution in [2.75, 3.05) is 13.1 Å². The van der Waals surface area contributed by atoms with Gasteiger partial charge in [0.05, 0.1) is 12.1 Å². The number of hydrogen-bond donors (Lipinski definition) is 1. The van der Waals surface area contributed by atoms with Crippen molar-refractivity contribution in [3.05, 3.63) is 71.7 Å². The maximum absolute atomic E-state index is 12.7. The molecule has 33 heavy (non-hydrogen) atoms. The quantitative estimate of drug-likeness (QED) is 0.461. The standard InChI is InChI=1S/C26H29N5O2/c1-19-9-11-20(12-10-19)15-27-24(32)17-31-16-22(21-7-3-4-8-23(21)31)26-29-28-25(33-26)18-30-13-5-2-6-14-30/h3-4,7-12,16H,2,5-6,13-15,17-18H2,1H3,(H,27,32). The molecule has 1 saturated heterocycles. The van der Waals surface area contributed by atoms with E-state index in [0.717, 1.165) is 35.1 Å². The van der Waals surface area contributed by atoms with Gasteiger partial charge in [-0.25, -0.2) is 0 Å².